The summed E-state index contributed by atoms with van der Waals surface area (Å²) in [7, 11) is 0. The zero-order chi connectivity index (χ0) is 23.3. The quantitative estimate of drug-likeness (QED) is 0.679. The van der Waals surface area contributed by atoms with Crippen LogP contribution in [0, 0.1) is 0 Å². The third-order valence-electron chi connectivity index (χ3n) is 4.78. The summed E-state index contributed by atoms with van der Waals surface area (Å²) in [6.45, 7) is 5.43. The Morgan fingerprint density at radius 2 is 1.69 bits per heavy atom. The first-order valence-electron chi connectivity index (χ1n) is 10.3. The topological polar surface area (TPSA) is 102 Å². The molecule has 1 saturated heterocycles. The highest BCUT2D eigenvalue weighted by Crippen LogP contribution is 2.26. The average Bonchev–Trinajstić information content (AvgIpc) is 3.16. The lowest BCUT2D eigenvalue weighted by Gasteiger charge is -2.26. The first-order chi connectivity index (χ1) is 15.1. The first kappa shape index (κ1) is 23.1. The van der Waals surface area contributed by atoms with E-state index in [0.29, 0.717) is 11.3 Å². The van der Waals surface area contributed by atoms with Crippen LogP contribution in [-0.4, -0.2) is 52.3 Å². The van der Waals surface area contributed by atoms with Gasteiger partial charge in [0.2, 0.25) is 0 Å². The minimum Gasteiger partial charge on any atom is -0.488 e. The van der Waals surface area contributed by atoms with Crippen LogP contribution in [0.1, 0.15) is 43.1 Å². The molecule has 1 fully saturated rings. The number of hydrogen-bond acceptors (Lipinski definition) is 6. The molecule has 32 heavy (non-hydrogen) atoms. The summed E-state index contributed by atoms with van der Waals surface area (Å²) in [4.78, 5) is 37.4. The molecule has 8 nitrogen and oxygen atoms in total. The summed E-state index contributed by atoms with van der Waals surface area (Å²) in [6, 6.07) is 14.7. The molecule has 0 saturated carbocycles. The minimum absolute atomic E-state index is 0.0900. The van der Waals surface area contributed by atoms with Crippen molar-refractivity contribution in [3.8, 4) is 5.75 Å². The summed E-state index contributed by atoms with van der Waals surface area (Å²) in [6.07, 6.45) is -1.07. The Labute approximate surface area is 186 Å². The van der Waals surface area contributed by atoms with Crippen molar-refractivity contribution in [2.24, 2.45) is 0 Å². The predicted molar refractivity (Wildman–Crippen MR) is 115 cm³/mol. The predicted octanol–water partition coefficient (Wildman–Crippen LogP) is 3.89. The minimum atomic E-state index is -1.11. The van der Waals surface area contributed by atoms with E-state index >= 15 is 0 Å². The number of amides is 1. The molecule has 3 rings (SSSR count). The molecule has 0 radical (unpaired) electrons. The molecular weight excluding hydrogens is 414 g/mol. The second-order valence-corrected chi connectivity index (χ2v) is 8.55. The van der Waals surface area contributed by atoms with Gasteiger partial charge in [-0.25, -0.2) is 14.4 Å². The molecule has 1 amide bonds. The maximum absolute atomic E-state index is 12.4. The molecular formula is C24H27NO7. The van der Waals surface area contributed by atoms with Gasteiger partial charge in [0.15, 0.2) is 0 Å². The van der Waals surface area contributed by atoms with Crippen molar-refractivity contribution < 1.29 is 33.7 Å². The van der Waals surface area contributed by atoms with Crippen molar-refractivity contribution in [2.45, 2.75) is 51.5 Å². The van der Waals surface area contributed by atoms with Crippen LogP contribution >= 0.6 is 0 Å². The summed E-state index contributed by atoms with van der Waals surface area (Å²) in [5.41, 5.74) is 0.535. The molecule has 2 aromatic rings. The Morgan fingerprint density at radius 1 is 1.03 bits per heavy atom. The van der Waals surface area contributed by atoms with Crippen molar-refractivity contribution in [1.29, 1.82) is 0 Å². The number of carboxylic acids is 1. The number of rotatable bonds is 6. The summed E-state index contributed by atoms with van der Waals surface area (Å²) < 4.78 is 16.5. The largest absolute Gasteiger partial charge is 0.488 e. The van der Waals surface area contributed by atoms with E-state index < -0.39 is 35.8 Å². The maximum atomic E-state index is 12.4. The Kier molecular flexibility index (Phi) is 7.02. The van der Waals surface area contributed by atoms with Crippen molar-refractivity contribution in [1.82, 2.24) is 4.90 Å². The number of nitrogens with zero attached hydrogens (tertiary/aromatic N) is 1. The molecule has 0 aromatic heterocycles. The SMILES string of the molecule is CC(C)(C)OC(=O)N1C[C@H](Oc2ccc(C(=O)OCc3ccccc3)cc2)C[C@@H]1C(=O)O. The second kappa shape index (κ2) is 9.72. The molecule has 0 spiro atoms. The van der Waals surface area contributed by atoms with Gasteiger partial charge in [-0.3, -0.25) is 4.90 Å². The molecule has 1 aliphatic rings. The highest BCUT2D eigenvalue weighted by Gasteiger charge is 2.42. The second-order valence-electron chi connectivity index (χ2n) is 8.55. The molecule has 1 aliphatic heterocycles. The van der Waals surface area contributed by atoms with Gasteiger partial charge >= 0.3 is 18.0 Å². The number of ether oxygens (including phenoxy) is 3. The monoisotopic (exact) mass is 441 g/mol. The van der Waals surface area contributed by atoms with Crippen LogP contribution < -0.4 is 4.74 Å². The van der Waals surface area contributed by atoms with Gasteiger partial charge in [0, 0.05) is 6.42 Å². The van der Waals surface area contributed by atoms with E-state index in [0.717, 1.165) is 5.56 Å². The van der Waals surface area contributed by atoms with E-state index in [-0.39, 0.29) is 19.6 Å². The Hall–Kier alpha value is -3.55. The van der Waals surface area contributed by atoms with E-state index in [1.165, 1.54) is 4.90 Å². The van der Waals surface area contributed by atoms with Gasteiger partial charge < -0.3 is 19.3 Å². The van der Waals surface area contributed by atoms with Gasteiger partial charge in [-0.15, -0.1) is 0 Å². The standard InChI is InChI=1S/C24H27NO7/c1-24(2,3)32-23(29)25-14-19(13-20(25)21(26)27)31-18-11-9-17(10-12-18)22(28)30-15-16-7-5-4-6-8-16/h4-12,19-20H,13-15H2,1-3H3,(H,26,27)/t19-,20-/m1/s1. The fraction of sp³-hybridized carbons (Fsp3) is 0.375. The van der Waals surface area contributed by atoms with E-state index in [2.05, 4.69) is 0 Å². The lowest BCUT2D eigenvalue weighted by atomic mass is 10.2. The molecule has 170 valence electrons. The van der Waals surface area contributed by atoms with Gasteiger partial charge in [0.1, 0.15) is 30.1 Å². The average molecular weight is 441 g/mol. The Bertz CT molecular complexity index is 951. The number of carbonyl (C=O) groups is 3. The summed E-state index contributed by atoms with van der Waals surface area (Å²) in [5, 5.41) is 9.49. The van der Waals surface area contributed by atoms with Crippen LogP contribution in [0.5, 0.6) is 5.75 Å². The molecule has 0 aliphatic carbocycles. The molecule has 2 aromatic carbocycles. The lowest BCUT2D eigenvalue weighted by Crippen LogP contribution is -2.43. The van der Waals surface area contributed by atoms with E-state index in [1.807, 2.05) is 30.3 Å². The first-order valence-corrected chi connectivity index (χ1v) is 10.3. The van der Waals surface area contributed by atoms with Crippen LogP contribution in [0.3, 0.4) is 0 Å². The number of esters is 1. The zero-order valence-electron chi connectivity index (χ0n) is 18.3. The van der Waals surface area contributed by atoms with Gasteiger partial charge in [-0.2, -0.15) is 0 Å². The van der Waals surface area contributed by atoms with Gasteiger partial charge in [0.05, 0.1) is 12.1 Å². The zero-order valence-corrected chi connectivity index (χ0v) is 18.3. The van der Waals surface area contributed by atoms with E-state index in [1.54, 1.807) is 45.0 Å². The van der Waals surface area contributed by atoms with E-state index in [4.69, 9.17) is 14.2 Å². The fourth-order valence-corrected chi connectivity index (χ4v) is 3.31. The van der Waals surface area contributed by atoms with Crippen molar-refractivity contribution in [3.63, 3.8) is 0 Å². The maximum Gasteiger partial charge on any atom is 0.411 e. The molecule has 0 unspecified atom stereocenters. The highest BCUT2D eigenvalue weighted by molar-refractivity contribution is 5.89. The Morgan fingerprint density at radius 3 is 2.28 bits per heavy atom. The molecule has 0 bridgehead atoms. The van der Waals surface area contributed by atoms with Crippen LogP contribution in [0.25, 0.3) is 0 Å². The molecule has 1 N–H and O–H groups in total. The number of likely N-dealkylation sites (tertiary alicyclic amines) is 1. The third kappa shape index (κ3) is 6.23. The number of aliphatic carboxylic acids is 1. The van der Waals surface area contributed by atoms with Crippen molar-refractivity contribution in [2.75, 3.05) is 6.54 Å². The van der Waals surface area contributed by atoms with E-state index in [9.17, 15) is 19.5 Å². The number of hydrogen-bond donors (Lipinski definition) is 1. The highest BCUT2D eigenvalue weighted by atomic mass is 16.6. The van der Waals surface area contributed by atoms with Gasteiger partial charge in [-0.1, -0.05) is 30.3 Å². The Balaban J connectivity index is 1.58. The molecule has 8 heteroatoms. The number of carbonyl (C=O) groups excluding carboxylic acids is 2. The van der Waals surface area contributed by atoms with Crippen LogP contribution in [0.15, 0.2) is 54.6 Å². The smallest absolute Gasteiger partial charge is 0.411 e. The molecule has 1 heterocycles. The van der Waals surface area contributed by atoms with Gasteiger partial charge in [0.25, 0.3) is 0 Å². The lowest BCUT2D eigenvalue weighted by molar-refractivity contribution is -0.142. The molecule has 2 atom stereocenters. The third-order valence-corrected chi connectivity index (χ3v) is 4.78. The summed E-state index contributed by atoms with van der Waals surface area (Å²) in [5.74, 6) is -1.11. The summed E-state index contributed by atoms with van der Waals surface area (Å²) >= 11 is 0. The normalized spacial score (nSPS) is 18.2. The number of benzene rings is 2. The van der Waals surface area contributed by atoms with Crippen LogP contribution in [0.2, 0.25) is 0 Å². The van der Waals surface area contributed by atoms with Crippen LogP contribution in [-0.2, 0) is 20.9 Å². The van der Waals surface area contributed by atoms with Crippen molar-refractivity contribution >= 4 is 18.0 Å². The fourth-order valence-electron chi connectivity index (χ4n) is 3.31. The van der Waals surface area contributed by atoms with Crippen LogP contribution in [0.4, 0.5) is 4.79 Å². The number of carboxylic acid groups (broad SMARTS) is 1. The van der Waals surface area contributed by atoms with Crippen molar-refractivity contribution in [3.05, 3.63) is 65.7 Å². The van der Waals surface area contributed by atoms with Gasteiger partial charge in [-0.05, 0) is 50.6 Å².